The molecule has 4 rings (SSSR count). The van der Waals surface area contributed by atoms with Gasteiger partial charge in [-0.25, -0.2) is 0 Å². The first-order valence-electron chi connectivity index (χ1n) is 13.2. The maximum absolute atomic E-state index is 14.4. The summed E-state index contributed by atoms with van der Waals surface area (Å²) in [6.45, 7) is 13.4. The molecule has 0 saturated carbocycles. The fraction of sp³-hybridized carbons (Fsp3) is 0.621. The summed E-state index contributed by atoms with van der Waals surface area (Å²) in [5, 5.41) is 10.5. The van der Waals surface area contributed by atoms with Crippen molar-refractivity contribution in [1.82, 2.24) is 9.80 Å². The molecule has 1 aromatic rings. The second kappa shape index (κ2) is 9.87. The van der Waals surface area contributed by atoms with Crippen LogP contribution in [-0.2, 0) is 30.3 Å². The number of hydrogen-bond acceptors (Lipinski definition) is 6. The van der Waals surface area contributed by atoms with Gasteiger partial charge in [-0.15, -0.1) is 6.58 Å². The van der Waals surface area contributed by atoms with Crippen LogP contribution in [0.4, 0.5) is 0 Å². The van der Waals surface area contributed by atoms with E-state index < -0.39 is 46.6 Å². The molecule has 8 heteroatoms. The van der Waals surface area contributed by atoms with Gasteiger partial charge in [0, 0.05) is 12.1 Å². The lowest BCUT2D eigenvalue weighted by atomic mass is 9.66. The molecule has 202 valence electrons. The highest BCUT2D eigenvalue weighted by Gasteiger charge is 2.79. The van der Waals surface area contributed by atoms with Crippen LogP contribution in [0.1, 0.15) is 53.0 Å². The Kier molecular flexibility index (Phi) is 7.29. The van der Waals surface area contributed by atoms with Crippen LogP contribution in [0.15, 0.2) is 43.0 Å². The Balaban J connectivity index is 1.84. The van der Waals surface area contributed by atoms with Gasteiger partial charge < -0.3 is 24.4 Å². The van der Waals surface area contributed by atoms with Gasteiger partial charge >= 0.3 is 5.97 Å². The normalized spacial score (nSPS) is 31.2. The average molecular weight is 513 g/mol. The molecule has 1 spiro atoms. The number of fused-ring (bicyclic) bond motifs is 1. The summed E-state index contributed by atoms with van der Waals surface area (Å²) in [6.07, 6.45) is 3.05. The summed E-state index contributed by atoms with van der Waals surface area (Å²) in [6, 6.07) is 7.94. The number of esters is 1. The van der Waals surface area contributed by atoms with Crippen molar-refractivity contribution in [2.24, 2.45) is 11.8 Å². The molecule has 8 nitrogen and oxygen atoms in total. The second-order valence-electron chi connectivity index (χ2n) is 11.7. The van der Waals surface area contributed by atoms with Crippen LogP contribution in [0.3, 0.4) is 0 Å². The fourth-order valence-electron chi connectivity index (χ4n) is 6.73. The Morgan fingerprint density at radius 2 is 1.97 bits per heavy atom. The first-order valence-corrected chi connectivity index (χ1v) is 13.2. The molecule has 3 fully saturated rings. The second-order valence-corrected chi connectivity index (χ2v) is 11.7. The Bertz CT molecular complexity index is 1050. The number of benzene rings is 1. The number of aliphatic hydroxyl groups is 1. The van der Waals surface area contributed by atoms with E-state index >= 15 is 0 Å². The Morgan fingerprint density at radius 1 is 1.30 bits per heavy atom. The molecule has 1 N–H and O–H groups in total. The zero-order valence-corrected chi connectivity index (χ0v) is 22.6. The Labute approximate surface area is 219 Å². The topological polar surface area (TPSA) is 96.4 Å². The highest BCUT2D eigenvalue weighted by Crippen LogP contribution is 2.63. The molecule has 1 aromatic carbocycles. The van der Waals surface area contributed by atoms with Crippen molar-refractivity contribution in [3.8, 4) is 0 Å². The van der Waals surface area contributed by atoms with Gasteiger partial charge in [-0.05, 0) is 59.4 Å². The van der Waals surface area contributed by atoms with Gasteiger partial charge in [0.2, 0.25) is 11.8 Å². The van der Waals surface area contributed by atoms with Crippen LogP contribution in [0, 0.1) is 11.8 Å². The summed E-state index contributed by atoms with van der Waals surface area (Å²) >= 11 is 0. The molecule has 0 radical (unpaired) electrons. The average Bonchev–Trinajstić information content (AvgIpc) is 3.41. The van der Waals surface area contributed by atoms with Crippen molar-refractivity contribution in [2.75, 3.05) is 19.8 Å². The van der Waals surface area contributed by atoms with Gasteiger partial charge in [0.25, 0.3) is 0 Å². The van der Waals surface area contributed by atoms with Crippen molar-refractivity contribution < 1.29 is 29.0 Å². The number of amides is 2. The van der Waals surface area contributed by atoms with E-state index in [-0.39, 0.29) is 25.0 Å². The number of carbonyl (C=O) groups is 3. The molecule has 2 bridgehead atoms. The van der Waals surface area contributed by atoms with E-state index in [1.165, 1.54) is 4.90 Å². The van der Waals surface area contributed by atoms with Gasteiger partial charge in [0.05, 0.1) is 30.8 Å². The van der Waals surface area contributed by atoms with Crippen LogP contribution in [0.2, 0.25) is 0 Å². The number of nitrogens with zero attached hydrogens (tertiary/aromatic N) is 2. The molecule has 37 heavy (non-hydrogen) atoms. The molecule has 2 amide bonds. The zero-order valence-electron chi connectivity index (χ0n) is 22.6. The lowest BCUT2D eigenvalue weighted by Gasteiger charge is -2.43. The fourth-order valence-corrected chi connectivity index (χ4v) is 6.73. The minimum atomic E-state index is -1.17. The number of hydrogen-bond donors (Lipinski definition) is 1. The largest absolute Gasteiger partial charge is 0.466 e. The minimum absolute atomic E-state index is 0.190. The van der Waals surface area contributed by atoms with Gasteiger partial charge in [-0.1, -0.05) is 36.4 Å². The molecule has 3 aliphatic rings. The number of likely N-dealkylation sites (tertiary alicyclic amines) is 1. The monoisotopic (exact) mass is 512 g/mol. The maximum Gasteiger partial charge on any atom is 0.312 e. The molecule has 6 atom stereocenters. The standard InChI is InChI=1S/C29H40N2O6/c1-7-16-30(27(3,4)5)25(34)23-29-15-14-28(6,37-29)22(26(35)36-8-2)21(29)24(33)31(23)20(18-32)17-19-12-10-9-11-13-19/h7,9-13,20-23,32H,1,8,14-18H2,2-6H3/t20-,21+,22-,23?,28+,29?/m1/s1. The van der Waals surface area contributed by atoms with E-state index in [0.29, 0.717) is 25.8 Å². The molecule has 3 saturated heterocycles. The lowest BCUT2D eigenvalue weighted by Crippen LogP contribution is -2.62. The van der Waals surface area contributed by atoms with Crippen LogP contribution < -0.4 is 0 Å². The summed E-state index contributed by atoms with van der Waals surface area (Å²) in [5.41, 5.74) is -1.68. The van der Waals surface area contributed by atoms with E-state index in [1.807, 2.05) is 58.0 Å². The van der Waals surface area contributed by atoms with E-state index in [0.717, 1.165) is 5.56 Å². The van der Waals surface area contributed by atoms with Crippen LogP contribution in [-0.4, -0.2) is 81.3 Å². The highest BCUT2D eigenvalue weighted by molar-refractivity contribution is 5.99. The SMILES string of the molecule is C=CCN(C(=O)C1N([C@@H](CO)Cc2ccccc2)C(=O)[C@@H]2[C@H](C(=O)OCC)[C@]3(C)CCC12O3)C(C)(C)C. The van der Waals surface area contributed by atoms with Gasteiger partial charge in [-0.3, -0.25) is 14.4 Å². The number of carbonyl (C=O) groups excluding carboxylic acids is 3. The lowest BCUT2D eigenvalue weighted by molar-refractivity contribution is -0.162. The molecule has 2 unspecified atom stereocenters. The van der Waals surface area contributed by atoms with Gasteiger partial charge in [-0.2, -0.15) is 0 Å². The smallest absolute Gasteiger partial charge is 0.312 e. The summed E-state index contributed by atoms with van der Waals surface area (Å²) in [4.78, 5) is 45.2. The van der Waals surface area contributed by atoms with Crippen molar-refractivity contribution in [1.29, 1.82) is 0 Å². The van der Waals surface area contributed by atoms with E-state index in [2.05, 4.69) is 6.58 Å². The first-order chi connectivity index (χ1) is 17.4. The van der Waals surface area contributed by atoms with E-state index in [4.69, 9.17) is 9.47 Å². The van der Waals surface area contributed by atoms with Gasteiger partial charge in [0.15, 0.2) is 0 Å². The van der Waals surface area contributed by atoms with Gasteiger partial charge in [0.1, 0.15) is 17.6 Å². The molecule has 0 aliphatic carbocycles. The minimum Gasteiger partial charge on any atom is -0.466 e. The summed E-state index contributed by atoms with van der Waals surface area (Å²) in [5.74, 6) is -2.73. The predicted molar refractivity (Wildman–Crippen MR) is 138 cm³/mol. The molecule has 0 aromatic heterocycles. The Hall–Kier alpha value is -2.71. The van der Waals surface area contributed by atoms with Crippen LogP contribution >= 0.6 is 0 Å². The quantitative estimate of drug-likeness (QED) is 0.404. The highest BCUT2D eigenvalue weighted by atomic mass is 16.6. The van der Waals surface area contributed by atoms with Crippen molar-refractivity contribution >= 4 is 17.8 Å². The molecular formula is C29H40N2O6. The predicted octanol–water partition coefficient (Wildman–Crippen LogP) is 2.73. The zero-order chi connectivity index (χ0) is 27.2. The molecular weight excluding hydrogens is 472 g/mol. The maximum atomic E-state index is 14.4. The van der Waals surface area contributed by atoms with E-state index in [1.54, 1.807) is 17.9 Å². The van der Waals surface area contributed by atoms with Crippen molar-refractivity contribution in [3.05, 3.63) is 48.6 Å². The number of rotatable bonds is 9. The van der Waals surface area contributed by atoms with Crippen molar-refractivity contribution in [3.63, 3.8) is 0 Å². The number of aliphatic hydroxyl groups excluding tert-OH is 1. The third-order valence-electron chi connectivity index (χ3n) is 8.29. The first kappa shape index (κ1) is 27.3. The van der Waals surface area contributed by atoms with Crippen LogP contribution in [0.25, 0.3) is 0 Å². The summed E-state index contributed by atoms with van der Waals surface area (Å²) < 4.78 is 12.1. The third kappa shape index (κ3) is 4.38. The van der Waals surface area contributed by atoms with E-state index in [9.17, 15) is 19.5 Å². The Morgan fingerprint density at radius 3 is 2.54 bits per heavy atom. The molecule has 3 heterocycles. The number of ether oxygens (including phenoxy) is 2. The molecule has 3 aliphatic heterocycles. The van der Waals surface area contributed by atoms with Crippen molar-refractivity contribution in [2.45, 2.75) is 82.7 Å². The third-order valence-corrected chi connectivity index (χ3v) is 8.29. The van der Waals surface area contributed by atoms with Crippen LogP contribution in [0.5, 0.6) is 0 Å². The summed E-state index contributed by atoms with van der Waals surface area (Å²) in [7, 11) is 0.